The van der Waals surface area contributed by atoms with E-state index in [4.69, 9.17) is 9.47 Å². The molecule has 0 amide bonds. The van der Waals surface area contributed by atoms with E-state index in [1.165, 1.54) is 0 Å². The minimum Gasteiger partial charge on any atom is -0.422 e. The first kappa shape index (κ1) is 25.9. The van der Waals surface area contributed by atoms with Gasteiger partial charge < -0.3 is 9.47 Å². The van der Waals surface area contributed by atoms with E-state index in [9.17, 15) is 14.4 Å². The lowest BCUT2D eigenvalue weighted by Crippen LogP contribution is -2.23. The normalized spacial score (nSPS) is 12.4. The molecule has 39 heavy (non-hydrogen) atoms. The van der Waals surface area contributed by atoms with Crippen molar-refractivity contribution < 1.29 is 23.9 Å². The van der Waals surface area contributed by atoms with E-state index in [1.54, 1.807) is 13.8 Å². The van der Waals surface area contributed by atoms with Crippen molar-refractivity contribution in [2.75, 3.05) is 0 Å². The van der Waals surface area contributed by atoms with Crippen molar-refractivity contribution >= 4 is 28.5 Å². The van der Waals surface area contributed by atoms with E-state index >= 15 is 0 Å². The molecule has 194 valence electrons. The van der Waals surface area contributed by atoms with Crippen LogP contribution in [0.25, 0.3) is 10.8 Å². The van der Waals surface area contributed by atoms with Crippen LogP contribution in [0, 0.1) is 0 Å². The second kappa shape index (κ2) is 10.2. The molecule has 0 unspecified atom stereocenters. The maximum absolute atomic E-state index is 13.5. The van der Waals surface area contributed by atoms with Gasteiger partial charge >= 0.3 is 11.9 Å². The van der Waals surface area contributed by atoms with Gasteiger partial charge in [0.25, 0.3) is 0 Å². The van der Waals surface area contributed by atoms with Gasteiger partial charge in [-0.15, -0.1) is 0 Å². The minimum atomic E-state index is -0.566. The summed E-state index contributed by atoms with van der Waals surface area (Å²) < 4.78 is 12.1. The standard InChI is InChI=1S/C34H28O5/c1-6-21-29(28-22-13-7-9-15-24(22)30(35)25-16-10-8-14-23(25)28)32(39-34(37)20(4)5)27-18-12-11-17-26(27)31(21)38-33(36)19(2)3/h7-18,28H,2,4,6H2,1,3,5H3. The van der Waals surface area contributed by atoms with Gasteiger partial charge in [0.05, 0.1) is 0 Å². The van der Waals surface area contributed by atoms with Crippen molar-refractivity contribution in [2.45, 2.75) is 33.1 Å². The minimum absolute atomic E-state index is 0.0642. The summed E-state index contributed by atoms with van der Waals surface area (Å²) in [5.74, 6) is -0.904. The molecule has 1 aliphatic rings. The Kier molecular flexibility index (Phi) is 6.75. The summed E-state index contributed by atoms with van der Waals surface area (Å²) >= 11 is 0. The first-order valence-corrected chi connectivity index (χ1v) is 12.8. The lowest BCUT2D eigenvalue weighted by molar-refractivity contribution is -0.131. The van der Waals surface area contributed by atoms with Crippen LogP contribution in [0.1, 0.15) is 64.9 Å². The van der Waals surface area contributed by atoms with E-state index in [0.717, 1.165) is 11.1 Å². The first-order valence-electron chi connectivity index (χ1n) is 12.8. The SMILES string of the molecule is C=C(C)C(=O)Oc1c(CC)c(C2c3ccccc3C(=O)c3ccccc32)c(OC(=O)C(=C)C)c2ccccc12. The molecule has 0 atom stereocenters. The highest BCUT2D eigenvalue weighted by molar-refractivity contribution is 6.13. The smallest absolute Gasteiger partial charge is 0.338 e. The van der Waals surface area contributed by atoms with Crippen LogP contribution in [0.2, 0.25) is 0 Å². The Morgan fingerprint density at radius 3 is 1.64 bits per heavy atom. The molecule has 0 heterocycles. The molecule has 0 bridgehead atoms. The van der Waals surface area contributed by atoms with Crippen molar-refractivity contribution in [3.8, 4) is 11.5 Å². The van der Waals surface area contributed by atoms with Gasteiger partial charge in [-0.1, -0.05) is 92.9 Å². The van der Waals surface area contributed by atoms with Gasteiger partial charge in [-0.2, -0.15) is 0 Å². The summed E-state index contributed by atoms with van der Waals surface area (Å²) in [6.45, 7) is 12.7. The summed E-state index contributed by atoms with van der Waals surface area (Å²) in [5.41, 5.74) is 4.62. The van der Waals surface area contributed by atoms with Crippen LogP contribution < -0.4 is 9.47 Å². The molecular formula is C34H28O5. The Morgan fingerprint density at radius 2 is 1.15 bits per heavy atom. The maximum Gasteiger partial charge on any atom is 0.338 e. The summed E-state index contributed by atoms with van der Waals surface area (Å²) in [5, 5.41) is 1.24. The highest BCUT2D eigenvalue weighted by Crippen LogP contribution is 2.51. The van der Waals surface area contributed by atoms with Gasteiger partial charge in [0.1, 0.15) is 11.5 Å². The van der Waals surface area contributed by atoms with Crippen LogP contribution in [-0.2, 0) is 16.0 Å². The molecule has 0 spiro atoms. The number of fused-ring (bicyclic) bond motifs is 3. The highest BCUT2D eigenvalue weighted by Gasteiger charge is 2.37. The third-order valence-corrected chi connectivity index (χ3v) is 7.02. The number of carbonyl (C=O) groups excluding carboxylic acids is 3. The summed E-state index contributed by atoms with van der Waals surface area (Å²) in [6.07, 6.45) is 0.464. The van der Waals surface area contributed by atoms with Crippen LogP contribution >= 0.6 is 0 Å². The third kappa shape index (κ3) is 4.36. The van der Waals surface area contributed by atoms with Crippen LogP contribution in [0.3, 0.4) is 0 Å². The van der Waals surface area contributed by atoms with Crippen molar-refractivity contribution in [1.29, 1.82) is 0 Å². The number of ether oxygens (including phenoxy) is 2. The maximum atomic E-state index is 13.5. The third-order valence-electron chi connectivity index (χ3n) is 7.02. The molecule has 0 N–H and O–H groups in total. The van der Waals surface area contributed by atoms with Crippen molar-refractivity contribution in [3.63, 3.8) is 0 Å². The number of rotatable bonds is 6. The Balaban J connectivity index is 1.95. The van der Waals surface area contributed by atoms with Gasteiger partial charge in [0, 0.05) is 50.1 Å². The molecule has 5 heteroatoms. The molecule has 5 rings (SSSR count). The largest absolute Gasteiger partial charge is 0.422 e. The fraction of sp³-hybridized carbons (Fsp3) is 0.147. The predicted octanol–water partition coefficient (Wildman–Crippen LogP) is 7.09. The monoisotopic (exact) mass is 516 g/mol. The highest BCUT2D eigenvalue weighted by atomic mass is 16.5. The summed E-state index contributed by atoms with van der Waals surface area (Å²) in [7, 11) is 0. The second-order valence-electron chi connectivity index (χ2n) is 9.73. The van der Waals surface area contributed by atoms with Crippen molar-refractivity contribution in [1.82, 2.24) is 0 Å². The second-order valence-corrected chi connectivity index (χ2v) is 9.73. The molecule has 0 fully saturated rings. The number of hydrogen-bond donors (Lipinski definition) is 0. The molecule has 0 saturated carbocycles. The Labute approximate surface area is 227 Å². The zero-order valence-corrected chi connectivity index (χ0v) is 22.2. The topological polar surface area (TPSA) is 69.7 Å². The fourth-order valence-corrected chi connectivity index (χ4v) is 5.22. The van der Waals surface area contributed by atoms with E-state index in [-0.39, 0.29) is 16.9 Å². The lowest BCUT2D eigenvalue weighted by atomic mass is 9.72. The van der Waals surface area contributed by atoms with Crippen LogP contribution in [-0.4, -0.2) is 17.7 Å². The van der Waals surface area contributed by atoms with Crippen molar-refractivity contribution in [2.24, 2.45) is 0 Å². The first-order chi connectivity index (χ1) is 18.7. The van der Waals surface area contributed by atoms with Crippen LogP contribution in [0.4, 0.5) is 0 Å². The number of benzene rings is 4. The molecule has 0 saturated heterocycles. The zero-order chi connectivity index (χ0) is 27.8. The van der Waals surface area contributed by atoms with Gasteiger partial charge in [-0.05, 0) is 31.4 Å². The Bertz CT molecular complexity index is 1660. The molecule has 0 radical (unpaired) electrons. The number of hydrogen-bond acceptors (Lipinski definition) is 5. The summed E-state index contributed by atoms with van der Waals surface area (Å²) in [4.78, 5) is 39.4. The average molecular weight is 517 g/mol. The van der Waals surface area contributed by atoms with E-state index in [2.05, 4.69) is 13.2 Å². The quantitative estimate of drug-likeness (QED) is 0.137. The van der Waals surface area contributed by atoms with Crippen LogP contribution in [0.15, 0.2) is 97.1 Å². The molecular weight excluding hydrogens is 488 g/mol. The van der Waals surface area contributed by atoms with E-state index in [0.29, 0.717) is 50.9 Å². The molecule has 0 aliphatic heterocycles. The van der Waals surface area contributed by atoms with E-state index in [1.807, 2.05) is 79.7 Å². The molecule has 4 aromatic carbocycles. The summed E-state index contributed by atoms with van der Waals surface area (Å²) in [6, 6.07) is 22.3. The molecule has 5 nitrogen and oxygen atoms in total. The number of carbonyl (C=O) groups is 3. The lowest BCUT2D eigenvalue weighted by Gasteiger charge is -2.32. The number of ketones is 1. The molecule has 0 aromatic heterocycles. The zero-order valence-electron chi connectivity index (χ0n) is 22.2. The van der Waals surface area contributed by atoms with Gasteiger partial charge in [-0.25, -0.2) is 9.59 Å². The predicted molar refractivity (Wildman–Crippen MR) is 151 cm³/mol. The van der Waals surface area contributed by atoms with Gasteiger partial charge in [0.2, 0.25) is 0 Å². The van der Waals surface area contributed by atoms with Gasteiger partial charge in [0.15, 0.2) is 5.78 Å². The average Bonchev–Trinajstić information content (AvgIpc) is 2.94. The Hall–Kier alpha value is -4.77. The molecule has 1 aliphatic carbocycles. The van der Waals surface area contributed by atoms with E-state index < -0.39 is 17.9 Å². The van der Waals surface area contributed by atoms with Crippen LogP contribution in [0.5, 0.6) is 11.5 Å². The number of esters is 2. The Morgan fingerprint density at radius 1 is 0.718 bits per heavy atom. The fourth-order valence-electron chi connectivity index (χ4n) is 5.22. The van der Waals surface area contributed by atoms with Gasteiger partial charge in [-0.3, -0.25) is 4.79 Å². The molecule has 4 aromatic rings. The van der Waals surface area contributed by atoms with Crippen molar-refractivity contribution in [3.05, 3.63) is 130 Å².